The average Bonchev–Trinajstić information content (AvgIpc) is 2.89. The molecule has 0 aliphatic carbocycles. The van der Waals surface area contributed by atoms with Crippen LogP contribution in [-0.2, 0) is 19.1 Å². The van der Waals surface area contributed by atoms with Crippen LogP contribution in [0.25, 0.3) is 22.0 Å². The number of carbonyl (C=O) groups is 1. The van der Waals surface area contributed by atoms with Gasteiger partial charge in [0.15, 0.2) is 0 Å². The van der Waals surface area contributed by atoms with Crippen molar-refractivity contribution in [2.75, 3.05) is 20.8 Å². The number of halogens is 3. The molecule has 0 saturated carbocycles. The van der Waals surface area contributed by atoms with E-state index in [1.54, 1.807) is 31.3 Å². The molecule has 2 heterocycles. The first-order valence-corrected chi connectivity index (χ1v) is 11.4. The highest BCUT2D eigenvalue weighted by atomic mass is 19.4. The number of fused-ring (bicyclic) bond motifs is 2. The molecule has 36 heavy (non-hydrogen) atoms. The summed E-state index contributed by atoms with van der Waals surface area (Å²) in [7, 11) is 3.14. The Balaban J connectivity index is 1.60. The van der Waals surface area contributed by atoms with Crippen molar-refractivity contribution < 1.29 is 27.4 Å². The van der Waals surface area contributed by atoms with E-state index in [-0.39, 0.29) is 5.91 Å². The molecule has 5 rings (SSSR count). The Bertz CT molecular complexity index is 1430. The predicted octanol–water partition coefficient (Wildman–Crippen LogP) is 6.14. The van der Waals surface area contributed by atoms with Gasteiger partial charge in [0, 0.05) is 18.5 Å². The van der Waals surface area contributed by atoms with Gasteiger partial charge < -0.3 is 14.4 Å². The number of carbonyl (C=O) groups excluding carboxylic acids is 1. The number of pyridine rings is 1. The van der Waals surface area contributed by atoms with Crippen molar-refractivity contribution in [1.29, 1.82) is 0 Å². The van der Waals surface area contributed by atoms with Crippen molar-refractivity contribution >= 4 is 16.8 Å². The molecule has 1 aliphatic rings. The zero-order chi connectivity index (χ0) is 25.4. The molecule has 0 fully saturated rings. The van der Waals surface area contributed by atoms with E-state index in [9.17, 15) is 18.0 Å². The molecule has 1 aliphatic heterocycles. The Morgan fingerprint density at radius 3 is 2.22 bits per heavy atom. The van der Waals surface area contributed by atoms with E-state index < -0.39 is 11.7 Å². The molecule has 1 aromatic heterocycles. The Kier molecular flexibility index (Phi) is 6.04. The van der Waals surface area contributed by atoms with E-state index in [0.717, 1.165) is 34.4 Å². The van der Waals surface area contributed by atoms with E-state index in [1.165, 1.54) is 12.1 Å². The largest absolute Gasteiger partial charge is 0.497 e. The summed E-state index contributed by atoms with van der Waals surface area (Å²) in [6.45, 7) is 0.878. The summed E-state index contributed by atoms with van der Waals surface area (Å²) in [6.07, 6.45) is -3.91. The van der Waals surface area contributed by atoms with Crippen LogP contribution in [0.4, 0.5) is 13.2 Å². The monoisotopic (exact) mass is 492 g/mol. The van der Waals surface area contributed by atoms with E-state index in [1.807, 2.05) is 30.3 Å². The summed E-state index contributed by atoms with van der Waals surface area (Å²) in [5.41, 5.74) is 3.16. The number of ether oxygens (including phenoxy) is 2. The molecule has 5 nitrogen and oxygen atoms in total. The van der Waals surface area contributed by atoms with Crippen LogP contribution in [0.5, 0.6) is 11.5 Å². The molecule has 0 N–H and O–H groups in total. The molecule has 0 radical (unpaired) electrons. The second-order valence-corrected chi connectivity index (χ2v) is 8.60. The van der Waals surface area contributed by atoms with Crippen molar-refractivity contribution in [3.8, 4) is 22.6 Å². The van der Waals surface area contributed by atoms with Gasteiger partial charge in [-0.25, -0.2) is 4.98 Å². The van der Waals surface area contributed by atoms with E-state index in [0.29, 0.717) is 47.6 Å². The van der Waals surface area contributed by atoms with E-state index in [2.05, 4.69) is 4.98 Å². The third-order valence-corrected chi connectivity index (χ3v) is 6.45. The molecule has 0 unspecified atom stereocenters. The van der Waals surface area contributed by atoms with E-state index >= 15 is 0 Å². The van der Waals surface area contributed by atoms with Crippen molar-refractivity contribution in [1.82, 2.24) is 9.88 Å². The highest BCUT2D eigenvalue weighted by Crippen LogP contribution is 2.39. The molecule has 1 amide bonds. The smallest absolute Gasteiger partial charge is 0.416 e. The van der Waals surface area contributed by atoms with Crippen LogP contribution >= 0.6 is 0 Å². The number of nitrogens with zero attached hydrogens (tertiary/aromatic N) is 2. The van der Waals surface area contributed by atoms with Gasteiger partial charge >= 0.3 is 6.18 Å². The number of hydrogen-bond donors (Lipinski definition) is 0. The van der Waals surface area contributed by atoms with Gasteiger partial charge in [0.1, 0.15) is 17.2 Å². The van der Waals surface area contributed by atoms with Gasteiger partial charge in [-0.05, 0) is 71.1 Å². The minimum absolute atomic E-state index is 0.210. The lowest BCUT2D eigenvalue weighted by Gasteiger charge is -2.30. The van der Waals surface area contributed by atoms with Crippen LogP contribution in [0.3, 0.4) is 0 Å². The quantitative estimate of drug-likeness (QED) is 0.336. The zero-order valence-electron chi connectivity index (χ0n) is 19.7. The van der Waals surface area contributed by atoms with Gasteiger partial charge in [0.25, 0.3) is 5.91 Å². The summed E-state index contributed by atoms with van der Waals surface area (Å²) in [5.74, 6) is 1.12. The number of rotatable bonds is 5. The number of alkyl halides is 3. The number of amides is 1. The summed E-state index contributed by atoms with van der Waals surface area (Å²) in [5, 5.41) is 0.726. The van der Waals surface area contributed by atoms with Gasteiger partial charge in [-0.2, -0.15) is 13.2 Å². The van der Waals surface area contributed by atoms with Crippen LogP contribution in [0.1, 0.15) is 27.2 Å². The first kappa shape index (κ1) is 23.7. The molecule has 3 aromatic carbocycles. The van der Waals surface area contributed by atoms with Crippen molar-refractivity contribution in [3.63, 3.8) is 0 Å². The first-order chi connectivity index (χ1) is 17.3. The average molecular weight is 492 g/mol. The topological polar surface area (TPSA) is 51.7 Å². The number of benzene rings is 3. The highest BCUT2D eigenvalue weighted by Gasteiger charge is 2.32. The summed E-state index contributed by atoms with van der Waals surface area (Å²) >= 11 is 0. The molecule has 0 saturated heterocycles. The fourth-order valence-corrected chi connectivity index (χ4v) is 4.58. The summed E-state index contributed by atoms with van der Waals surface area (Å²) in [4.78, 5) is 20.0. The maximum atomic E-state index is 13.5. The number of hydrogen-bond acceptors (Lipinski definition) is 4. The second kappa shape index (κ2) is 9.18. The summed E-state index contributed by atoms with van der Waals surface area (Å²) < 4.78 is 50.1. The Hall–Kier alpha value is -4.07. The lowest BCUT2D eigenvalue weighted by molar-refractivity contribution is -0.137. The molecule has 8 heteroatoms. The molecular formula is C28H23F3N2O3. The Morgan fingerprint density at radius 2 is 1.58 bits per heavy atom. The Morgan fingerprint density at radius 1 is 0.917 bits per heavy atom. The molecule has 4 aromatic rings. The van der Waals surface area contributed by atoms with Gasteiger partial charge in [-0.3, -0.25) is 4.79 Å². The maximum Gasteiger partial charge on any atom is 0.416 e. The molecule has 184 valence electrons. The minimum atomic E-state index is -4.43. The maximum absolute atomic E-state index is 13.5. The zero-order valence-corrected chi connectivity index (χ0v) is 19.7. The fourth-order valence-electron chi connectivity index (χ4n) is 4.58. The van der Waals surface area contributed by atoms with Gasteiger partial charge in [0.05, 0.1) is 25.3 Å². The lowest BCUT2D eigenvalue weighted by atomic mass is 9.89. The third kappa shape index (κ3) is 4.34. The third-order valence-electron chi connectivity index (χ3n) is 6.45. The molecule has 0 atom stereocenters. The molecule has 0 bridgehead atoms. The van der Waals surface area contributed by atoms with E-state index in [4.69, 9.17) is 9.47 Å². The SMILES string of the molecule is COc1ccc(CN2CCc3c(nc4ccc(OC)cc4c3-c3ccc(C(F)(F)F)cc3)C2=O)cc1. The number of methoxy groups -OCH3 is 2. The van der Waals surface area contributed by atoms with Crippen molar-refractivity contribution in [2.24, 2.45) is 0 Å². The van der Waals surface area contributed by atoms with Gasteiger partial charge in [0.2, 0.25) is 0 Å². The van der Waals surface area contributed by atoms with Gasteiger partial charge in [-0.1, -0.05) is 24.3 Å². The van der Waals surface area contributed by atoms with Crippen molar-refractivity contribution in [3.05, 3.63) is 89.1 Å². The minimum Gasteiger partial charge on any atom is -0.497 e. The normalized spacial score (nSPS) is 13.6. The predicted molar refractivity (Wildman–Crippen MR) is 130 cm³/mol. The van der Waals surface area contributed by atoms with Gasteiger partial charge in [-0.15, -0.1) is 0 Å². The lowest BCUT2D eigenvalue weighted by Crippen LogP contribution is -2.38. The summed E-state index contributed by atoms with van der Waals surface area (Å²) in [6, 6.07) is 17.9. The highest BCUT2D eigenvalue weighted by molar-refractivity contribution is 6.05. The fraction of sp³-hybridized carbons (Fsp3) is 0.214. The van der Waals surface area contributed by atoms with Crippen LogP contribution in [-0.4, -0.2) is 36.6 Å². The number of aromatic nitrogens is 1. The standard InChI is InChI=1S/C28H23F3N2O3/c1-35-20-9-3-17(4-10-20)16-33-14-13-22-25(18-5-7-19(8-6-18)28(29,30)31)23-15-21(36-2)11-12-24(23)32-26(22)27(33)34/h3-12,15H,13-14,16H2,1-2H3. The second-order valence-electron chi connectivity index (χ2n) is 8.60. The first-order valence-electron chi connectivity index (χ1n) is 11.4. The van der Waals surface area contributed by atoms with Crippen LogP contribution in [0.2, 0.25) is 0 Å². The molecule has 0 spiro atoms. The van der Waals surface area contributed by atoms with Crippen molar-refractivity contribution in [2.45, 2.75) is 19.1 Å². The van der Waals surface area contributed by atoms with Crippen LogP contribution in [0, 0.1) is 0 Å². The Labute approximate surface area is 206 Å². The molecular weight excluding hydrogens is 469 g/mol. The van der Waals surface area contributed by atoms with Crippen LogP contribution in [0.15, 0.2) is 66.7 Å². The van der Waals surface area contributed by atoms with Crippen LogP contribution < -0.4 is 9.47 Å².